The number of hydrogen-bond donors (Lipinski definition) is 1. The highest BCUT2D eigenvalue weighted by Crippen LogP contribution is 2.57. The Morgan fingerprint density at radius 1 is 1.19 bits per heavy atom. The van der Waals surface area contributed by atoms with Crippen molar-refractivity contribution in [1.82, 2.24) is 4.90 Å². The minimum absolute atomic E-state index is 0.214. The van der Waals surface area contributed by atoms with Crippen LogP contribution in [0.15, 0.2) is 0 Å². The number of carboxylic acids is 1. The molecule has 0 heterocycles. The molecule has 4 aliphatic carbocycles. The summed E-state index contributed by atoms with van der Waals surface area (Å²) in [6.45, 7) is 0.214. The van der Waals surface area contributed by atoms with Crippen LogP contribution >= 0.6 is 0 Å². The molecular weight excluding hydrogens is 202 g/mol. The number of rotatable bonds is 3. The van der Waals surface area contributed by atoms with Gasteiger partial charge in [-0.3, -0.25) is 9.69 Å². The summed E-state index contributed by atoms with van der Waals surface area (Å²) < 4.78 is 0. The predicted molar refractivity (Wildman–Crippen MR) is 61.2 cm³/mol. The molecule has 0 saturated heterocycles. The fourth-order valence-corrected chi connectivity index (χ4v) is 4.90. The lowest BCUT2D eigenvalue weighted by atomic mass is 9.52. The summed E-state index contributed by atoms with van der Waals surface area (Å²) in [5.41, 5.74) is 0.243. The highest BCUT2D eigenvalue weighted by Gasteiger charge is 2.52. The van der Waals surface area contributed by atoms with Gasteiger partial charge in [0, 0.05) is 5.54 Å². The van der Waals surface area contributed by atoms with Crippen LogP contribution in [0.2, 0.25) is 0 Å². The van der Waals surface area contributed by atoms with E-state index < -0.39 is 5.97 Å². The van der Waals surface area contributed by atoms with Crippen LogP contribution in [0.1, 0.15) is 38.5 Å². The van der Waals surface area contributed by atoms with Crippen LogP contribution in [-0.2, 0) is 4.79 Å². The van der Waals surface area contributed by atoms with Crippen molar-refractivity contribution in [3.8, 4) is 0 Å². The average Bonchev–Trinajstić information content (AvgIpc) is 2.13. The Morgan fingerprint density at radius 2 is 1.62 bits per heavy atom. The molecule has 0 atom stereocenters. The first-order chi connectivity index (χ1) is 7.57. The standard InChI is InChI=1S/C13H21NO2/c1-14(8-12(15)16)13-5-9-2-10(6-13)4-11(3-9)7-13/h9-11H,2-8H2,1H3,(H,15,16). The van der Waals surface area contributed by atoms with Gasteiger partial charge in [-0.25, -0.2) is 0 Å². The van der Waals surface area contributed by atoms with Crippen molar-refractivity contribution in [1.29, 1.82) is 0 Å². The molecule has 3 heteroatoms. The third-order valence-corrected chi connectivity index (χ3v) is 5.19. The third-order valence-electron chi connectivity index (χ3n) is 5.19. The fourth-order valence-electron chi connectivity index (χ4n) is 4.90. The molecule has 0 aromatic carbocycles. The van der Waals surface area contributed by atoms with Crippen molar-refractivity contribution in [2.24, 2.45) is 17.8 Å². The van der Waals surface area contributed by atoms with E-state index in [9.17, 15) is 4.79 Å². The third kappa shape index (κ3) is 1.56. The molecular formula is C13H21NO2. The molecule has 0 aromatic rings. The average molecular weight is 223 g/mol. The van der Waals surface area contributed by atoms with Crippen LogP contribution < -0.4 is 0 Å². The quantitative estimate of drug-likeness (QED) is 0.795. The summed E-state index contributed by atoms with van der Waals surface area (Å²) in [4.78, 5) is 13.0. The van der Waals surface area contributed by atoms with Gasteiger partial charge in [0.1, 0.15) is 0 Å². The number of nitrogens with zero attached hydrogens (tertiary/aromatic N) is 1. The molecule has 0 spiro atoms. The summed E-state index contributed by atoms with van der Waals surface area (Å²) in [6, 6.07) is 0. The molecule has 4 aliphatic rings. The first-order valence-electron chi connectivity index (χ1n) is 6.50. The summed E-state index contributed by atoms with van der Waals surface area (Å²) in [6.07, 6.45) is 8.01. The maximum Gasteiger partial charge on any atom is 0.317 e. The van der Waals surface area contributed by atoms with Crippen LogP contribution in [-0.4, -0.2) is 35.1 Å². The lowest BCUT2D eigenvalue weighted by molar-refractivity contribution is -0.143. The normalized spacial score (nSPS) is 45.2. The molecule has 4 saturated carbocycles. The van der Waals surface area contributed by atoms with Crippen LogP contribution in [0.4, 0.5) is 0 Å². The first-order valence-corrected chi connectivity index (χ1v) is 6.50. The Kier molecular flexibility index (Phi) is 2.29. The number of hydrogen-bond acceptors (Lipinski definition) is 2. The second kappa shape index (κ2) is 3.46. The first kappa shape index (κ1) is 10.6. The van der Waals surface area contributed by atoms with Crippen LogP contribution in [0.25, 0.3) is 0 Å². The second-order valence-electron chi connectivity index (χ2n) is 6.39. The van der Waals surface area contributed by atoms with E-state index in [0.29, 0.717) is 0 Å². The van der Waals surface area contributed by atoms with E-state index in [0.717, 1.165) is 17.8 Å². The Balaban J connectivity index is 1.80. The molecule has 3 nitrogen and oxygen atoms in total. The lowest BCUT2D eigenvalue weighted by Crippen LogP contribution is -2.59. The van der Waals surface area contributed by atoms with Crippen LogP contribution in [0.5, 0.6) is 0 Å². The summed E-state index contributed by atoms with van der Waals surface area (Å²) >= 11 is 0. The van der Waals surface area contributed by atoms with Gasteiger partial charge in [-0.15, -0.1) is 0 Å². The highest BCUT2D eigenvalue weighted by molar-refractivity contribution is 5.69. The van der Waals surface area contributed by atoms with E-state index in [1.165, 1.54) is 38.5 Å². The van der Waals surface area contributed by atoms with Gasteiger partial charge in [-0.2, -0.15) is 0 Å². The summed E-state index contributed by atoms with van der Waals surface area (Å²) in [5, 5.41) is 8.94. The van der Waals surface area contributed by atoms with Gasteiger partial charge in [0.2, 0.25) is 0 Å². The zero-order chi connectivity index (χ0) is 11.3. The summed E-state index contributed by atoms with van der Waals surface area (Å²) in [7, 11) is 2.02. The van der Waals surface area contributed by atoms with Gasteiger partial charge >= 0.3 is 5.97 Å². The minimum Gasteiger partial charge on any atom is -0.480 e. The van der Waals surface area contributed by atoms with E-state index >= 15 is 0 Å². The molecule has 4 fully saturated rings. The Morgan fingerprint density at radius 3 is 2.00 bits per heavy atom. The Hall–Kier alpha value is -0.570. The fraction of sp³-hybridized carbons (Fsp3) is 0.923. The van der Waals surface area contributed by atoms with E-state index in [-0.39, 0.29) is 12.1 Å². The molecule has 0 amide bonds. The van der Waals surface area contributed by atoms with Crippen molar-refractivity contribution in [3.05, 3.63) is 0 Å². The van der Waals surface area contributed by atoms with Crippen LogP contribution in [0, 0.1) is 17.8 Å². The molecule has 90 valence electrons. The van der Waals surface area contributed by atoms with Crippen molar-refractivity contribution in [2.75, 3.05) is 13.6 Å². The van der Waals surface area contributed by atoms with Gasteiger partial charge in [0.15, 0.2) is 0 Å². The van der Waals surface area contributed by atoms with E-state index in [1.54, 1.807) is 0 Å². The smallest absolute Gasteiger partial charge is 0.317 e. The van der Waals surface area contributed by atoms with Crippen molar-refractivity contribution in [3.63, 3.8) is 0 Å². The maximum absolute atomic E-state index is 10.9. The molecule has 4 bridgehead atoms. The molecule has 0 aliphatic heterocycles. The van der Waals surface area contributed by atoms with Crippen LogP contribution in [0.3, 0.4) is 0 Å². The second-order valence-corrected chi connectivity index (χ2v) is 6.39. The zero-order valence-electron chi connectivity index (χ0n) is 9.98. The number of aliphatic carboxylic acids is 1. The number of carbonyl (C=O) groups is 1. The van der Waals surface area contributed by atoms with E-state index in [1.807, 2.05) is 7.05 Å². The van der Waals surface area contributed by atoms with Gasteiger partial charge in [-0.1, -0.05) is 0 Å². The van der Waals surface area contributed by atoms with Gasteiger partial charge in [0.25, 0.3) is 0 Å². The molecule has 0 unspecified atom stereocenters. The molecule has 0 aromatic heterocycles. The highest BCUT2D eigenvalue weighted by atomic mass is 16.4. The zero-order valence-corrected chi connectivity index (χ0v) is 9.98. The predicted octanol–water partition coefficient (Wildman–Crippen LogP) is 1.97. The topological polar surface area (TPSA) is 40.5 Å². The van der Waals surface area contributed by atoms with Gasteiger partial charge in [0.05, 0.1) is 6.54 Å². The Labute approximate surface area is 96.8 Å². The minimum atomic E-state index is -0.682. The van der Waals surface area contributed by atoms with E-state index in [4.69, 9.17) is 5.11 Å². The molecule has 0 radical (unpaired) electrons. The Bertz CT molecular complexity index is 278. The number of likely N-dealkylation sites (N-methyl/N-ethyl adjacent to an activating group) is 1. The lowest BCUT2D eigenvalue weighted by Gasteiger charge is -2.59. The largest absolute Gasteiger partial charge is 0.480 e. The molecule has 16 heavy (non-hydrogen) atoms. The van der Waals surface area contributed by atoms with Crippen molar-refractivity contribution >= 4 is 5.97 Å². The SMILES string of the molecule is CN(CC(=O)O)C12CC3CC(CC(C3)C1)C2. The summed E-state index contributed by atoms with van der Waals surface area (Å²) in [5.74, 6) is 1.99. The van der Waals surface area contributed by atoms with E-state index in [2.05, 4.69) is 4.90 Å². The van der Waals surface area contributed by atoms with Gasteiger partial charge in [-0.05, 0) is 63.3 Å². The van der Waals surface area contributed by atoms with Crippen molar-refractivity contribution < 1.29 is 9.90 Å². The van der Waals surface area contributed by atoms with Gasteiger partial charge < -0.3 is 5.11 Å². The molecule has 1 N–H and O–H groups in total. The molecule has 4 rings (SSSR count). The maximum atomic E-state index is 10.9. The number of carboxylic acid groups (broad SMARTS) is 1. The monoisotopic (exact) mass is 223 g/mol. The van der Waals surface area contributed by atoms with Crippen molar-refractivity contribution in [2.45, 2.75) is 44.1 Å².